The van der Waals surface area contributed by atoms with E-state index in [1.165, 1.54) is 0 Å². The Morgan fingerprint density at radius 1 is 1.42 bits per heavy atom. The zero-order valence-electron chi connectivity index (χ0n) is 11.4. The molecule has 0 bridgehead atoms. The van der Waals surface area contributed by atoms with Crippen molar-refractivity contribution >= 4 is 28.8 Å². The predicted octanol–water partition coefficient (Wildman–Crippen LogP) is 2.01. The van der Waals surface area contributed by atoms with Gasteiger partial charge in [0, 0.05) is 12.2 Å². The van der Waals surface area contributed by atoms with Crippen LogP contribution in [0.4, 0.5) is 5.69 Å². The summed E-state index contributed by atoms with van der Waals surface area (Å²) >= 11 is 4.93. The fourth-order valence-electron chi connectivity index (χ4n) is 1.83. The molecule has 1 atom stereocenters. The summed E-state index contributed by atoms with van der Waals surface area (Å²) in [6.45, 7) is 5.19. The number of rotatable bonds is 7. The second kappa shape index (κ2) is 7.86. The van der Waals surface area contributed by atoms with Crippen LogP contribution in [0.15, 0.2) is 30.3 Å². The number of benzene rings is 1. The molecule has 0 aliphatic carbocycles. The summed E-state index contributed by atoms with van der Waals surface area (Å²) in [6, 6.07) is 9.15. The van der Waals surface area contributed by atoms with Crippen molar-refractivity contribution in [2.24, 2.45) is 5.73 Å². The van der Waals surface area contributed by atoms with Crippen molar-refractivity contribution in [3.63, 3.8) is 0 Å². The first kappa shape index (κ1) is 15.6. The molecule has 1 aromatic rings. The number of hydrogen-bond donors (Lipinski definition) is 2. The van der Waals surface area contributed by atoms with Gasteiger partial charge in [0.2, 0.25) is 5.91 Å². The maximum absolute atomic E-state index is 12.2. The summed E-state index contributed by atoms with van der Waals surface area (Å²) in [5.74, 6) is -0.0455. The molecule has 3 N–H and O–H groups in total. The summed E-state index contributed by atoms with van der Waals surface area (Å²) in [7, 11) is 0. The maximum Gasteiger partial charge on any atom is 0.241 e. The van der Waals surface area contributed by atoms with Crippen LogP contribution in [-0.4, -0.2) is 34.9 Å². The van der Waals surface area contributed by atoms with Gasteiger partial charge in [-0.05, 0) is 32.0 Å². The van der Waals surface area contributed by atoms with Crippen LogP contribution in [0, 0.1) is 0 Å². The molecule has 0 spiro atoms. The number of nitrogens with zero attached hydrogens (tertiary/aromatic N) is 1. The van der Waals surface area contributed by atoms with Crippen LogP contribution in [0.3, 0.4) is 0 Å². The van der Waals surface area contributed by atoms with E-state index in [1.807, 2.05) is 42.2 Å². The Morgan fingerprint density at radius 3 is 2.58 bits per heavy atom. The van der Waals surface area contributed by atoms with Gasteiger partial charge in [0.05, 0.1) is 11.0 Å². The highest BCUT2D eigenvalue weighted by Gasteiger charge is 2.21. The Morgan fingerprint density at radius 2 is 2.05 bits per heavy atom. The quantitative estimate of drug-likeness (QED) is 0.750. The lowest BCUT2D eigenvalue weighted by atomic mass is 10.2. The molecule has 1 amide bonds. The fourth-order valence-corrected chi connectivity index (χ4v) is 2.00. The van der Waals surface area contributed by atoms with Crippen molar-refractivity contribution in [3.8, 4) is 0 Å². The number of amides is 1. The monoisotopic (exact) mass is 279 g/mol. The highest BCUT2D eigenvalue weighted by molar-refractivity contribution is 7.80. The number of carbonyl (C=O) groups is 1. The number of nitrogens with one attached hydrogen (secondary N) is 1. The van der Waals surface area contributed by atoms with Crippen LogP contribution in [0.5, 0.6) is 0 Å². The van der Waals surface area contributed by atoms with Gasteiger partial charge >= 0.3 is 0 Å². The van der Waals surface area contributed by atoms with Crippen LogP contribution < -0.4 is 11.1 Å². The first-order chi connectivity index (χ1) is 9.04. The number of hydrogen-bond acceptors (Lipinski definition) is 3. The first-order valence-electron chi connectivity index (χ1n) is 6.42. The Labute approximate surface area is 120 Å². The van der Waals surface area contributed by atoms with E-state index in [9.17, 15) is 4.79 Å². The largest absolute Gasteiger partial charge is 0.392 e. The third-order valence-corrected chi connectivity index (χ3v) is 2.97. The Hall–Kier alpha value is -1.46. The molecule has 0 saturated heterocycles. The highest BCUT2D eigenvalue weighted by atomic mass is 32.1. The van der Waals surface area contributed by atoms with Crippen LogP contribution >= 0.6 is 12.2 Å². The van der Waals surface area contributed by atoms with Gasteiger partial charge < -0.3 is 11.1 Å². The number of carbonyl (C=O) groups excluding carboxylic acids is 1. The van der Waals surface area contributed by atoms with Crippen molar-refractivity contribution in [2.75, 3.05) is 18.4 Å². The van der Waals surface area contributed by atoms with E-state index in [4.69, 9.17) is 18.0 Å². The minimum absolute atomic E-state index is 0.0455. The van der Waals surface area contributed by atoms with Gasteiger partial charge in [-0.2, -0.15) is 0 Å². The lowest BCUT2D eigenvalue weighted by Crippen LogP contribution is -2.45. The highest BCUT2D eigenvalue weighted by Crippen LogP contribution is 2.08. The van der Waals surface area contributed by atoms with E-state index >= 15 is 0 Å². The molecule has 1 aromatic carbocycles. The average Bonchev–Trinajstić information content (AvgIpc) is 2.38. The number of para-hydroxylation sites is 1. The summed E-state index contributed by atoms with van der Waals surface area (Å²) in [5, 5.41) is 2.89. The number of nitrogens with two attached hydrogens (primary N) is 1. The van der Waals surface area contributed by atoms with Gasteiger partial charge in [-0.1, -0.05) is 37.3 Å². The van der Waals surface area contributed by atoms with Gasteiger partial charge in [0.15, 0.2) is 0 Å². The smallest absolute Gasteiger partial charge is 0.241 e. The standard InChI is InChI=1S/C14H21N3OS/c1-3-9-17(10-13(15)19)11(2)14(18)16-12-7-5-4-6-8-12/h4-8,11H,3,9-10H2,1-2H3,(H2,15,19)(H,16,18). The first-order valence-corrected chi connectivity index (χ1v) is 6.83. The molecule has 0 aromatic heterocycles. The third kappa shape index (κ3) is 5.36. The van der Waals surface area contributed by atoms with Crippen LogP contribution in [0.2, 0.25) is 0 Å². The normalized spacial score (nSPS) is 12.2. The fraction of sp³-hybridized carbons (Fsp3) is 0.429. The van der Waals surface area contributed by atoms with Gasteiger partial charge in [0.1, 0.15) is 0 Å². The topological polar surface area (TPSA) is 58.4 Å². The Kier molecular flexibility index (Phi) is 6.45. The molecular formula is C14H21N3OS. The predicted molar refractivity (Wildman–Crippen MR) is 83.2 cm³/mol. The second-order valence-electron chi connectivity index (χ2n) is 4.47. The van der Waals surface area contributed by atoms with Crippen molar-refractivity contribution in [1.82, 2.24) is 4.90 Å². The average molecular weight is 279 g/mol. The van der Waals surface area contributed by atoms with E-state index in [-0.39, 0.29) is 11.9 Å². The minimum Gasteiger partial charge on any atom is -0.392 e. The molecule has 0 saturated carbocycles. The molecule has 0 aliphatic heterocycles. The minimum atomic E-state index is -0.262. The number of anilines is 1. The van der Waals surface area contributed by atoms with Crippen molar-refractivity contribution < 1.29 is 4.79 Å². The molecule has 0 radical (unpaired) electrons. The zero-order chi connectivity index (χ0) is 14.3. The van der Waals surface area contributed by atoms with E-state index in [0.717, 1.165) is 18.7 Å². The van der Waals surface area contributed by atoms with E-state index < -0.39 is 0 Å². The molecule has 1 rings (SSSR count). The van der Waals surface area contributed by atoms with Crippen molar-refractivity contribution in [3.05, 3.63) is 30.3 Å². The summed E-state index contributed by atoms with van der Waals surface area (Å²) < 4.78 is 0. The molecule has 0 heterocycles. The number of thiocarbonyl (C=S) groups is 1. The molecule has 19 heavy (non-hydrogen) atoms. The molecule has 5 heteroatoms. The van der Waals surface area contributed by atoms with Gasteiger partial charge in [-0.3, -0.25) is 9.69 Å². The van der Waals surface area contributed by atoms with Gasteiger partial charge in [-0.25, -0.2) is 0 Å². The lowest BCUT2D eigenvalue weighted by molar-refractivity contribution is -0.120. The van der Waals surface area contributed by atoms with Crippen LogP contribution in [-0.2, 0) is 4.79 Å². The summed E-state index contributed by atoms with van der Waals surface area (Å²) in [5.41, 5.74) is 6.37. The van der Waals surface area contributed by atoms with Crippen LogP contribution in [0.25, 0.3) is 0 Å². The van der Waals surface area contributed by atoms with Crippen LogP contribution in [0.1, 0.15) is 20.3 Å². The van der Waals surface area contributed by atoms with Crippen molar-refractivity contribution in [1.29, 1.82) is 0 Å². The molecule has 1 unspecified atom stereocenters. The zero-order valence-corrected chi connectivity index (χ0v) is 12.2. The molecular weight excluding hydrogens is 258 g/mol. The van der Waals surface area contributed by atoms with Gasteiger partial charge in [-0.15, -0.1) is 0 Å². The molecule has 4 nitrogen and oxygen atoms in total. The van der Waals surface area contributed by atoms with Gasteiger partial charge in [0.25, 0.3) is 0 Å². The summed E-state index contributed by atoms with van der Waals surface area (Å²) in [6.07, 6.45) is 0.950. The summed E-state index contributed by atoms with van der Waals surface area (Å²) in [4.78, 5) is 14.6. The Balaban J connectivity index is 2.65. The second-order valence-corrected chi connectivity index (χ2v) is 4.99. The van der Waals surface area contributed by atoms with Crippen molar-refractivity contribution in [2.45, 2.75) is 26.3 Å². The maximum atomic E-state index is 12.2. The SMILES string of the molecule is CCCN(CC(N)=S)C(C)C(=O)Nc1ccccc1. The Bertz CT molecular complexity index is 422. The molecule has 104 valence electrons. The third-order valence-electron chi connectivity index (χ3n) is 2.84. The lowest BCUT2D eigenvalue weighted by Gasteiger charge is -2.27. The van der Waals surface area contributed by atoms with E-state index in [1.54, 1.807) is 0 Å². The van der Waals surface area contributed by atoms with E-state index in [0.29, 0.717) is 11.5 Å². The van der Waals surface area contributed by atoms with E-state index in [2.05, 4.69) is 12.2 Å². The molecule has 0 fully saturated rings. The molecule has 0 aliphatic rings.